The molecule has 28 heavy (non-hydrogen) atoms. The molecule has 0 bridgehead atoms. The summed E-state index contributed by atoms with van der Waals surface area (Å²) in [5.41, 5.74) is 3.12. The van der Waals surface area contributed by atoms with E-state index < -0.39 is 0 Å². The van der Waals surface area contributed by atoms with Gasteiger partial charge in [0.25, 0.3) is 5.91 Å². The summed E-state index contributed by atoms with van der Waals surface area (Å²) in [5.74, 6) is 0.478. The first-order chi connectivity index (χ1) is 13.6. The Labute approximate surface area is 172 Å². The third-order valence-corrected chi connectivity index (χ3v) is 5.90. The van der Waals surface area contributed by atoms with Crippen LogP contribution in [0.4, 0.5) is 5.69 Å². The standard InChI is InChI=1S/C22H18N2O2S2/c1-14-8-10-18(15(2)12-14)23-22-24-21(25)19(28-22)13-16-9-11-20(26-16)27-17-6-4-3-5-7-17/h3-13H,1-2H3,(H,23,24,25)/b19-13-. The first-order valence-corrected chi connectivity index (χ1v) is 10.4. The molecule has 4 rings (SSSR count). The van der Waals surface area contributed by atoms with Gasteiger partial charge in [-0.15, -0.1) is 0 Å². The van der Waals surface area contributed by atoms with E-state index in [1.54, 1.807) is 17.8 Å². The lowest BCUT2D eigenvalue weighted by atomic mass is 10.1. The number of aliphatic imine (C=N–C) groups is 1. The molecule has 1 aromatic heterocycles. The lowest BCUT2D eigenvalue weighted by Gasteiger charge is -2.02. The third kappa shape index (κ3) is 4.40. The molecule has 1 saturated heterocycles. The van der Waals surface area contributed by atoms with E-state index in [-0.39, 0.29) is 5.91 Å². The lowest BCUT2D eigenvalue weighted by Crippen LogP contribution is -2.19. The van der Waals surface area contributed by atoms with E-state index in [0.717, 1.165) is 21.2 Å². The van der Waals surface area contributed by atoms with Crippen LogP contribution in [-0.2, 0) is 4.79 Å². The van der Waals surface area contributed by atoms with Crippen LogP contribution >= 0.6 is 23.5 Å². The number of nitrogens with zero attached hydrogens (tertiary/aromatic N) is 1. The summed E-state index contributed by atoms with van der Waals surface area (Å²) in [6, 6.07) is 19.8. The molecule has 1 amide bonds. The molecule has 1 fully saturated rings. The first-order valence-electron chi connectivity index (χ1n) is 8.76. The van der Waals surface area contributed by atoms with Crippen LogP contribution < -0.4 is 5.32 Å². The predicted molar refractivity (Wildman–Crippen MR) is 116 cm³/mol. The number of hydrogen-bond acceptors (Lipinski definition) is 5. The van der Waals surface area contributed by atoms with Crippen molar-refractivity contribution in [3.8, 4) is 0 Å². The quantitative estimate of drug-likeness (QED) is 0.545. The summed E-state index contributed by atoms with van der Waals surface area (Å²) < 4.78 is 5.84. The van der Waals surface area contributed by atoms with Crippen LogP contribution in [0.2, 0.25) is 0 Å². The van der Waals surface area contributed by atoms with Gasteiger partial charge in [-0.25, -0.2) is 4.99 Å². The van der Waals surface area contributed by atoms with Crippen molar-refractivity contribution in [1.29, 1.82) is 0 Å². The van der Waals surface area contributed by atoms with Crippen LogP contribution in [-0.4, -0.2) is 11.1 Å². The first kappa shape index (κ1) is 18.7. The molecule has 4 nitrogen and oxygen atoms in total. The second-order valence-electron chi connectivity index (χ2n) is 6.34. The maximum atomic E-state index is 12.3. The molecule has 0 spiro atoms. The molecule has 6 heteroatoms. The number of thioether (sulfide) groups is 1. The van der Waals surface area contributed by atoms with Crippen molar-refractivity contribution >= 4 is 46.4 Å². The monoisotopic (exact) mass is 406 g/mol. The van der Waals surface area contributed by atoms with Crippen LogP contribution in [0.1, 0.15) is 16.9 Å². The topological polar surface area (TPSA) is 54.6 Å². The fourth-order valence-corrected chi connectivity index (χ4v) is 4.34. The zero-order valence-electron chi connectivity index (χ0n) is 15.4. The number of carbonyl (C=O) groups is 1. The average molecular weight is 407 g/mol. The number of amides is 1. The van der Waals surface area contributed by atoms with Crippen LogP contribution in [0.15, 0.2) is 85.0 Å². The van der Waals surface area contributed by atoms with E-state index >= 15 is 0 Å². The number of hydrogen-bond donors (Lipinski definition) is 1. The fraction of sp³-hybridized carbons (Fsp3) is 0.0909. The van der Waals surface area contributed by atoms with Crippen LogP contribution in [0.5, 0.6) is 0 Å². The highest BCUT2D eigenvalue weighted by Gasteiger charge is 2.24. The fourth-order valence-electron chi connectivity index (χ4n) is 2.72. The smallest absolute Gasteiger partial charge is 0.264 e. The van der Waals surface area contributed by atoms with Gasteiger partial charge in [0.05, 0.1) is 10.6 Å². The molecule has 1 aliphatic rings. The Bertz CT molecular complexity index is 1080. The molecular formula is C22H18N2O2S2. The highest BCUT2D eigenvalue weighted by molar-refractivity contribution is 8.18. The number of rotatable bonds is 4. The molecule has 0 aliphatic carbocycles. The Morgan fingerprint density at radius 1 is 1.07 bits per heavy atom. The number of amidine groups is 1. The maximum Gasteiger partial charge on any atom is 0.264 e. The SMILES string of the molecule is Cc1ccc(N=C2NC(=O)/C(=C/c3ccc(Sc4ccccc4)o3)S2)c(C)c1. The van der Waals surface area contributed by atoms with Crippen molar-refractivity contribution in [2.24, 2.45) is 4.99 Å². The van der Waals surface area contributed by atoms with Gasteiger partial charge in [-0.05, 0) is 61.5 Å². The second kappa shape index (κ2) is 8.12. The minimum absolute atomic E-state index is 0.165. The molecule has 1 aliphatic heterocycles. The minimum Gasteiger partial charge on any atom is -0.450 e. The van der Waals surface area contributed by atoms with Crippen LogP contribution in [0.3, 0.4) is 0 Å². The number of aryl methyl sites for hydroxylation is 2. The number of benzene rings is 2. The normalized spacial score (nSPS) is 16.7. The van der Waals surface area contributed by atoms with Gasteiger partial charge in [-0.1, -0.05) is 47.7 Å². The van der Waals surface area contributed by atoms with E-state index in [9.17, 15) is 4.79 Å². The summed E-state index contributed by atoms with van der Waals surface area (Å²) in [6.07, 6.45) is 1.75. The van der Waals surface area contributed by atoms with Gasteiger partial charge in [0.1, 0.15) is 5.76 Å². The van der Waals surface area contributed by atoms with Gasteiger partial charge in [0, 0.05) is 11.0 Å². The number of carbonyl (C=O) groups excluding carboxylic acids is 1. The Hall–Kier alpha value is -2.70. The maximum absolute atomic E-state index is 12.3. The van der Waals surface area contributed by atoms with Gasteiger partial charge in [-0.2, -0.15) is 0 Å². The van der Waals surface area contributed by atoms with Crippen molar-refractivity contribution in [3.05, 3.63) is 82.5 Å². The van der Waals surface area contributed by atoms with Crippen molar-refractivity contribution < 1.29 is 9.21 Å². The summed E-state index contributed by atoms with van der Waals surface area (Å²) in [6.45, 7) is 4.06. The number of furan rings is 1. The van der Waals surface area contributed by atoms with Gasteiger partial charge in [0.2, 0.25) is 0 Å². The Balaban J connectivity index is 1.50. The summed E-state index contributed by atoms with van der Waals surface area (Å²) in [4.78, 5) is 18.5. The molecule has 2 heterocycles. The Morgan fingerprint density at radius 2 is 1.89 bits per heavy atom. The van der Waals surface area contributed by atoms with E-state index in [1.165, 1.54) is 17.3 Å². The van der Waals surface area contributed by atoms with Crippen molar-refractivity contribution in [2.45, 2.75) is 23.8 Å². The van der Waals surface area contributed by atoms with Gasteiger partial charge < -0.3 is 9.73 Å². The van der Waals surface area contributed by atoms with E-state index in [0.29, 0.717) is 15.8 Å². The molecule has 3 aromatic rings. The molecular weight excluding hydrogens is 388 g/mol. The number of nitrogens with one attached hydrogen (secondary N) is 1. The summed E-state index contributed by atoms with van der Waals surface area (Å²) in [5, 5.41) is 4.18. The van der Waals surface area contributed by atoms with Gasteiger partial charge in [0.15, 0.2) is 10.3 Å². The molecule has 0 radical (unpaired) electrons. The zero-order chi connectivity index (χ0) is 19.5. The molecule has 140 valence electrons. The van der Waals surface area contributed by atoms with Gasteiger partial charge in [-0.3, -0.25) is 4.79 Å². The molecule has 1 N–H and O–H groups in total. The minimum atomic E-state index is -0.165. The highest BCUT2D eigenvalue weighted by Crippen LogP contribution is 2.32. The molecule has 0 saturated carbocycles. The van der Waals surface area contributed by atoms with E-state index in [2.05, 4.69) is 16.4 Å². The predicted octanol–water partition coefficient (Wildman–Crippen LogP) is 5.94. The molecule has 0 unspecified atom stereocenters. The van der Waals surface area contributed by atoms with Crippen LogP contribution in [0, 0.1) is 13.8 Å². The second-order valence-corrected chi connectivity index (χ2v) is 8.45. The molecule has 0 atom stereocenters. The molecule has 2 aromatic carbocycles. The largest absolute Gasteiger partial charge is 0.450 e. The van der Waals surface area contributed by atoms with Crippen LogP contribution in [0.25, 0.3) is 6.08 Å². The van der Waals surface area contributed by atoms with Crippen molar-refractivity contribution in [3.63, 3.8) is 0 Å². The van der Waals surface area contributed by atoms with Gasteiger partial charge >= 0.3 is 0 Å². The summed E-state index contributed by atoms with van der Waals surface area (Å²) >= 11 is 2.86. The highest BCUT2D eigenvalue weighted by atomic mass is 32.2. The Kier molecular flexibility index (Phi) is 5.41. The van der Waals surface area contributed by atoms with Crippen molar-refractivity contribution in [1.82, 2.24) is 5.32 Å². The van der Waals surface area contributed by atoms with Crippen molar-refractivity contribution in [2.75, 3.05) is 0 Å². The van der Waals surface area contributed by atoms with E-state index in [4.69, 9.17) is 4.42 Å². The summed E-state index contributed by atoms with van der Waals surface area (Å²) in [7, 11) is 0. The lowest BCUT2D eigenvalue weighted by molar-refractivity contribution is -0.115. The zero-order valence-corrected chi connectivity index (χ0v) is 17.1. The third-order valence-electron chi connectivity index (χ3n) is 4.06. The average Bonchev–Trinajstić information content (AvgIpc) is 3.25. The van der Waals surface area contributed by atoms with E-state index in [1.807, 2.05) is 68.4 Å². The Morgan fingerprint density at radius 3 is 2.68 bits per heavy atom.